The minimum absolute atomic E-state index is 0.181. The van der Waals surface area contributed by atoms with Gasteiger partial charge in [0.15, 0.2) is 6.61 Å². The molecule has 0 saturated carbocycles. The van der Waals surface area contributed by atoms with Crippen molar-refractivity contribution in [2.45, 2.75) is 0 Å². The summed E-state index contributed by atoms with van der Waals surface area (Å²) >= 11 is 5.65. The van der Waals surface area contributed by atoms with Crippen LogP contribution >= 0.6 is 11.6 Å². The molecule has 0 aromatic carbocycles. The van der Waals surface area contributed by atoms with Gasteiger partial charge in [-0.1, -0.05) is 11.6 Å². The molecule has 1 N–H and O–H groups in total. The molecule has 0 unspecified atom stereocenters. The summed E-state index contributed by atoms with van der Waals surface area (Å²) in [5.41, 5.74) is 0.815. The van der Waals surface area contributed by atoms with Gasteiger partial charge in [0, 0.05) is 24.3 Å². The van der Waals surface area contributed by atoms with Crippen LogP contribution in [0.2, 0.25) is 5.15 Å². The molecule has 0 saturated heterocycles. The van der Waals surface area contributed by atoms with Gasteiger partial charge in [-0.05, 0) is 24.3 Å². The zero-order chi connectivity index (χ0) is 14.4. The first kappa shape index (κ1) is 14.0. The van der Waals surface area contributed by atoms with Crippen molar-refractivity contribution in [1.29, 1.82) is 0 Å². The van der Waals surface area contributed by atoms with Gasteiger partial charge in [-0.15, -0.1) is 0 Å². The van der Waals surface area contributed by atoms with Gasteiger partial charge in [-0.2, -0.15) is 0 Å². The van der Waals surface area contributed by atoms with Crippen LogP contribution in [0.25, 0.3) is 0 Å². The first-order valence-electron chi connectivity index (χ1n) is 5.64. The summed E-state index contributed by atoms with van der Waals surface area (Å²) in [6, 6.07) is 6.07. The largest absolute Gasteiger partial charge is 0.452 e. The summed E-state index contributed by atoms with van der Waals surface area (Å²) < 4.78 is 4.86. The molecule has 0 aliphatic rings. The van der Waals surface area contributed by atoms with Gasteiger partial charge >= 0.3 is 5.97 Å². The van der Waals surface area contributed by atoms with E-state index in [0.717, 1.165) is 0 Å². The highest BCUT2D eigenvalue weighted by atomic mass is 35.5. The average Bonchev–Trinajstić information content (AvgIpc) is 2.46. The SMILES string of the molecule is O=C(COC(=O)c1ccnc(Cl)c1)Nc1ccncc1. The van der Waals surface area contributed by atoms with Crippen LogP contribution in [0.4, 0.5) is 5.69 Å². The van der Waals surface area contributed by atoms with E-state index < -0.39 is 11.9 Å². The van der Waals surface area contributed by atoms with E-state index >= 15 is 0 Å². The summed E-state index contributed by atoms with van der Waals surface area (Å²) in [7, 11) is 0. The van der Waals surface area contributed by atoms with E-state index in [9.17, 15) is 9.59 Å². The Bertz CT molecular complexity index is 619. The zero-order valence-corrected chi connectivity index (χ0v) is 11.0. The Balaban J connectivity index is 1.86. The Kier molecular flexibility index (Phi) is 4.62. The molecule has 2 rings (SSSR count). The molecule has 2 heterocycles. The second-order valence-corrected chi connectivity index (χ2v) is 4.11. The van der Waals surface area contributed by atoms with Crippen molar-refractivity contribution >= 4 is 29.2 Å². The van der Waals surface area contributed by atoms with E-state index in [-0.39, 0.29) is 17.3 Å². The number of hydrogen-bond donors (Lipinski definition) is 1. The number of aromatic nitrogens is 2. The van der Waals surface area contributed by atoms with Crippen LogP contribution in [0.15, 0.2) is 42.9 Å². The second-order valence-electron chi connectivity index (χ2n) is 3.73. The number of nitrogens with one attached hydrogen (secondary N) is 1. The second kappa shape index (κ2) is 6.63. The molecule has 20 heavy (non-hydrogen) atoms. The number of amides is 1. The molecule has 0 aliphatic carbocycles. The van der Waals surface area contributed by atoms with Crippen molar-refractivity contribution < 1.29 is 14.3 Å². The van der Waals surface area contributed by atoms with Gasteiger partial charge in [0.1, 0.15) is 5.15 Å². The van der Waals surface area contributed by atoms with Crippen LogP contribution in [-0.2, 0) is 9.53 Å². The van der Waals surface area contributed by atoms with Crippen molar-refractivity contribution in [3.63, 3.8) is 0 Å². The summed E-state index contributed by atoms with van der Waals surface area (Å²) in [5.74, 6) is -1.08. The molecule has 0 spiro atoms. The molecule has 0 aliphatic heterocycles. The Morgan fingerprint density at radius 1 is 1.20 bits per heavy atom. The van der Waals surface area contributed by atoms with Crippen LogP contribution in [-0.4, -0.2) is 28.5 Å². The third-order valence-corrected chi connectivity index (χ3v) is 2.47. The summed E-state index contributed by atoms with van der Waals surface area (Å²) in [5, 5.41) is 2.75. The van der Waals surface area contributed by atoms with Gasteiger partial charge in [-0.25, -0.2) is 9.78 Å². The van der Waals surface area contributed by atoms with Crippen molar-refractivity contribution in [3.05, 3.63) is 53.6 Å². The van der Waals surface area contributed by atoms with E-state index in [4.69, 9.17) is 16.3 Å². The molecule has 6 nitrogen and oxygen atoms in total. The molecule has 0 atom stereocenters. The van der Waals surface area contributed by atoms with E-state index in [0.29, 0.717) is 5.69 Å². The fourth-order valence-corrected chi connectivity index (χ4v) is 1.55. The standard InChI is InChI=1S/C13H10ClN3O3/c14-11-7-9(1-6-16-11)13(19)20-8-12(18)17-10-2-4-15-5-3-10/h1-7H,8H2,(H,15,17,18). The number of pyridine rings is 2. The van der Waals surface area contributed by atoms with Crippen LogP contribution in [0.1, 0.15) is 10.4 Å². The predicted octanol–water partition coefficient (Wildman–Crippen LogP) is 1.93. The van der Waals surface area contributed by atoms with E-state index in [1.165, 1.54) is 18.3 Å². The highest BCUT2D eigenvalue weighted by Crippen LogP contribution is 2.08. The molecule has 1 amide bonds. The first-order chi connectivity index (χ1) is 9.65. The molecule has 0 bridgehead atoms. The molecule has 2 aromatic heterocycles. The number of hydrogen-bond acceptors (Lipinski definition) is 5. The molecule has 0 radical (unpaired) electrons. The maximum atomic E-state index is 11.7. The van der Waals surface area contributed by atoms with Crippen LogP contribution in [0.3, 0.4) is 0 Å². The Hall–Kier alpha value is -2.47. The smallest absolute Gasteiger partial charge is 0.338 e. The van der Waals surface area contributed by atoms with Crippen LogP contribution in [0, 0.1) is 0 Å². The summed E-state index contributed by atoms with van der Waals surface area (Å²) in [6.45, 7) is -0.388. The van der Waals surface area contributed by atoms with Gasteiger partial charge < -0.3 is 10.1 Å². The van der Waals surface area contributed by atoms with Crippen molar-refractivity contribution in [1.82, 2.24) is 9.97 Å². The minimum atomic E-state index is -0.640. The number of halogens is 1. The van der Waals surface area contributed by atoms with Gasteiger partial charge in [0.05, 0.1) is 5.56 Å². The molecular formula is C13H10ClN3O3. The fraction of sp³-hybridized carbons (Fsp3) is 0.0769. The van der Waals surface area contributed by atoms with E-state index in [1.807, 2.05) is 0 Å². The Labute approximate surface area is 119 Å². The van der Waals surface area contributed by atoms with Gasteiger partial charge in [0.2, 0.25) is 0 Å². The van der Waals surface area contributed by atoms with Crippen LogP contribution < -0.4 is 5.32 Å². The quantitative estimate of drug-likeness (QED) is 0.687. The maximum Gasteiger partial charge on any atom is 0.338 e. The number of esters is 1. The van der Waals surface area contributed by atoms with Crippen molar-refractivity contribution in [3.8, 4) is 0 Å². The molecule has 7 heteroatoms. The Morgan fingerprint density at radius 2 is 1.95 bits per heavy atom. The van der Waals surface area contributed by atoms with Crippen LogP contribution in [0.5, 0.6) is 0 Å². The van der Waals surface area contributed by atoms with Crippen molar-refractivity contribution in [2.24, 2.45) is 0 Å². The average molecular weight is 292 g/mol. The minimum Gasteiger partial charge on any atom is -0.452 e. The molecule has 2 aromatic rings. The number of carbonyl (C=O) groups is 2. The molecule has 102 valence electrons. The lowest BCUT2D eigenvalue weighted by molar-refractivity contribution is -0.119. The third kappa shape index (κ3) is 4.03. The topological polar surface area (TPSA) is 81.2 Å². The predicted molar refractivity (Wildman–Crippen MR) is 72.4 cm³/mol. The van der Waals surface area contributed by atoms with Gasteiger partial charge in [0.25, 0.3) is 5.91 Å². The normalized spacial score (nSPS) is 9.85. The van der Waals surface area contributed by atoms with Crippen molar-refractivity contribution in [2.75, 3.05) is 11.9 Å². The lowest BCUT2D eigenvalue weighted by Gasteiger charge is -2.06. The molecular weight excluding hydrogens is 282 g/mol. The summed E-state index contributed by atoms with van der Waals surface area (Å²) in [6.07, 6.45) is 4.47. The lowest BCUT2D eigenvalue weighted by atomic mass is 10.3. The Morgan fingerprint density at radius 3 is 2.65 bits per heavy atom. The zero-order valence-electron chi connectivity index (χ0n) is 10.2. The van der Waals surface area contributed by atoms with Gasteiger partial charge in [-0.3, -0.25) is 9.78 Å². The lowest BCUT2D eigenvalue weighted by Crippen LogP contribution is -2.20. The number of ether oxygens (including phenoxy) is 1. The summed E-state index contributed by atoms with van der Waals surface area (Å²) in [4.78, 5) is 30.8. The number of anilines is 1. The number of rotatable bonds is 4. The van der Waals surface area contributed by atoms with E-state index in [2.05, 4.69) is 15.3 Å². The highest BCUT2D eigenvalue weighted by Gasteiger charge is 2.10. The number of nitrogens with zero attached hydrogens (tertiary/aromatic N) is 2. The fourth-order valence-electron chi connectivity index (χ4n) is 1.38. The highest BCUT2D eigenvalue weighted by molar-refractivity contribution is 6.29. The third-order valence-electron chi connectivity index (χ3n) is 2.26. The maximum absolute atomic E-state index is 11.7. The first-order valence-corrected chi connectivity index (χ1v) is 6.01. The van der Waals surface area contributed by atoms with E-state index in [1.54, 1.807) is 24.5 Å². The number of carbonyl (C=O) groups excluding carboxylic acids is 2. The molecule has 0 fully saturated rings. The monoisotopic (exact) mass is 291 g/mol.